The molecule has 4 aliphatic heterocycles. The third-order valence-corrected chi connectivity index (χ3v) is 9.36. The number of amides is 1. The molecule has 20 atom stereocenters. The van der Waals surface area contributed by atoms with Crippen LogP contribution in [0.5, 0.6) is 0 Å². The lowest BCUT2D eigenvalue weighted by Crippen LogP contribution is -2.86. The van der Waals surface area contributed by atoms with Gasteiger partial charge >= 0.3 is 0 Å². The molecule has 3 unspecified atom stereocenters. The normalized spacial score (nSPS) is 53.3. The molecule has 280 valence electrons. The molecule has 16 N–H and O–H groups in total. The van der Waals surface area contributed by atoms with Gasteiger partial charge in [-0.1, -0.05) is 0 Å². The minimum absolute atomic E-state index is 0.916. The van der Waals surface area contributed by atoms with Gasteiger partial charge in [-0.2, -0.15) is 0 Å². The number of aliphatic hydroxyl groups is 15. The van der Waals surface area contributed by atoms with Crippen molar-refractivity contribution in [3.8, 4) is 0 Å². The van der Waals surface area contributed by atoms with E-state index in [-0.39, 0.29) is 0 Å². The Kier molecular flexibility index (Phi) is 12.4. The number of aliphatic hydroxyl groups excluding tert-OH is 13. The molecule has 0 spiro atoms. The van der Waals surface area contributed by atoms with E-state index in [9.17, 15) is 81.4 Å². The van der Waals surface area contributed by atoms with Gasteiger partial charge < -0.3 is 106 Å². The van der Waals surface area contributed by atoms with Gasteiger partial charge in [-0.3, -0.25) is 4.79 Å². The zero-order chi connectivity index (χ0) is 36.0. The number of rotatable bonds is 9. The molecule has 0 aliphatic carbocycles. The summed E-state index contributed by atoms with van der Waals surface area (Å²) in [5.41, 5.74) is -3.67. The van der Waals surface area contributed by atoms with Crippen LogP contribution in [0.3, 0.4) is 0 Å². The highest BCUT2D eigenvalue weighted by atomic mass is 16.7. The Balaban J connectivity index is 1.88. The summed E-state index contributed by atoms with van der Waals surface area (Å²) >= 11 is 0. The predicted molar refractivity (Wildman–Crippen MR) is 146 cm³/mol. The van der Waals surface area contributed by atoms with Gasteiger partial charge in [-0.05, 0) is 0 Å². The second-order valence-corrected chi connectivity index (χ2v) is 12.3. The Morgan fingerprint density at radius 1 is 0.625 bits per heavy atom. The molecule has 0 aromatic carbocycles. The molecule has 4 rings (SSSR count). The first-order valence-electron chi connectivity index (χ1n) is 15.0. The highest BCUT2D eigenvalue weighted by molar-refractivity contribution is 5.73. The quantitative estimate of drug-likeness (QED) is 0.106. The Morgan fingerprint density at radius 2 is 1.08 bits per heavy atom. The average molecular weight is 708 g/mol. The van der Waals surface area contributed by atoms with Gasteiger partial charge in [0.25, 0.3) is 0 Å². The largest absolute Gasteiger partial charge is 0.394 e. The van der Waals surface area contributed by atoms with E-state index in [1.165, 1.54) is 0 Å². The van der Waals surface area contributed by atoms with Crippen LogP contribution < -0.4 is 5.32 Å². The van der Waals surface area contributed by atoms with Crippen LogP contribution >= 0.6 is 0 Å². The monoisotopic (exact) mass is 707 g/mol. The van der Waals surface area contributed by atoms with Crippen molar-refractivity contribution in [1.82, 2.24) is 5.32 Å². The summed E-state index contributed by atoms with van der Waals surface area (Å²) < 4.78 is 27.6. The van der Waals surface area contributed by atoms with Gasteiger partial charge in [0.2, 0.25) is 11.7 Å². The highest BCUT2D eigenvalue weighted by Crippen LogP contribution is 2.49. The Labute approximate surface area is 271 Å². The van der Waals surface area contributed by atoms with Crippen molar-refractivity contribution >= 4 is 5.91 Å². The van der Waals surface area contributed by atoms with Crippen LogP contribution in [0.2, 0.25) is 0 Å². The maximum Gasteiger partial charge on any atom is 0.230 e. The second-order valence-electron chi connectivity index (χ2n) is 12.3. The second kappa shape index (κ2) is 15.1. The van der Waals surface area contributed by atoms with E-state index in [0.29, 0.717) is 0 Å². The molecule has 4 fully saturated rings. The lowest BCUT2D eigenvalue weighted by molar-refractivity contribution is -0.463. The first-order chi connectivity index (χ1) is 22.4. The standard InChI is InChI=1S/C26H45NO21/c1-6(32)27-11-15(36)12(33)7(2-28)44-22(11)26(43)25(42,23-18(39)16(37)13(34)8(3-29)45-23)21(41)20(10(5-31)48-26)47-24-19(40)17(38)14(35)9(4-30)46-24/h7-24,28-31,33-43H,2-5H2,1H3,(H,27,32)/t7-,8-,9-,10-,11-,12+,13+,14+,15-,16+,17+,18-,19-,20-,21+,22?,23?,24+,25+,26?/m1/s1. The van der Waals surface area contributed by atoms with Crippen LogP contribution in [0.1, 0.15) is 6.92 Å². The van der Waals surface area contributed by atoms with Gasteiger partial charge in [0.15, 0.2) is 11.9 Å². The molecule has 1 amide bonds. The number of hydrogen-bond donors (Lipinski definition) is 16. The molecule has 22 heteroatoms. The summed E-state index contributed by atoms with van der Waals surface area (Å²) in [5.74, 6) is -4.56. The minimum Gasteiger partial charge on any atom is -0.394 e. The molecule has 0 bridgehead atoms. The van der Waals surface area contributed by atoms with Crippen molar-refractivity contribution in [2.24, 2.45) is 0 Å². The summed E-state index contributed by atoms with van der Waals surface area (Å²) in [6, 6.07) is -1.98. The zero-order valence-corrected chi connectivity index (χ0v) is 25.4. The Hall–Kier alpha value is -1.33. The average Bonchev–Trinajstić information content (AvgIpc) is 3.05. The molecule has 48 heavy (non-hydrogen) atoms. The van der Waals surface area contributed by atoms with Gasteiger partial charge in [-0.25, -0.2) is 0 Å². The summed E-state index contributed by atoms with van der Waals surface area (Å²) in [4.78, 5) is 12.2. The van der Waals surface area contributed by atoms with Gasteiger partial charge in [0, 0.05) is 6.92 Å². The maximum absolute atomic E-state index is 12.5. The molecule has 0 radical (unpaired) electrons. The van der Waals surface area contributed by atoms with E-state index >= 15 is 0 Å². The van der Waals surface area contributed by atoms with E-state index in [1.807, 2.05) is 0 Å². The fourth-order valence-corrected chi connectivity index (χ4v) is 6.68. The number of hydrogen-bond acceptors (Lipinski definition) is 21. The van der Waals surface area contributed by atoms with E-state index in [4.69, 9.17) is 23.7 Å². The van der Waals surface area contributed by atoms with E-state index in [2.05, 4.69) is 5.32 Å². The Morgan fingerprint density at radius 3 is 1.58 bits per heavy atom. The molecule has 0 aromatic heterocycles. The number of carbonyl (C=O) groups excluding carboxylic acids is 1. The summed E-state index contributed by atoms with van der Waals surface area (Å²) in [6.45, 7) is -3.33. The third kappa shape index (κ3) is 6.48. The highest BCUT2D eigenvalue weighted by Gasteiger charge is 2.75. The molecular weight excluding hydrogens is 662 g/mol. The van der Waals surface area contributed by atoms with Crippen molar-refractivity contribution < 1.29 is 105 Å². The van der Waals surface area contributed by atoms with Gasteiger partial charge in [0.05, 0.1) is 32.5 Å². The van der Waals surface area contributed by atoms with E-state index < -0.39 is 154 Å². The van der Waals surface area contributed by atoms with Crippen LogP contribution in [0, 0.1) is 0 Å². The summed E-state index contributed by atoms with van der Waals surface area (Å²) in [6.07, 6.45) is -36.0. The lowest BCUT2D eigenvalue weighted by atomic mass is 9.68. The minimum atomic E-state index is -3.67. The lowest BCUT2D eigenvalue weighted by Gasteiger charge is -2.62. The molecule has 22 nitrogen and oxygen atoms in total. The number of carbonyl (C=O) groups is 1. The first kappa shape index (κ1) is 39.5. The maximum atomic E-state index is 12.5. The van der Waals surface area contributed by atoms with Gasteiger partial charge in [0.1, 0.15) is 97.7 Å². The van der Waals surface area contributed by atoms with E-state index in [1.54, 1.807) is 0 Å². The van der Waals surface area contributed by atoms with Crippen molar-refractivity contribution in [1.29, 1.82) is 0 Å². The third-order valence-electron chi connectivity index (χ3n) is 9.36. The van der Waals surface area contributed by atoms with Crippen LogP contribution in [0.15, 0.2) is 0 Å². The van der Waals surface area contributed by atoms with Crippen LogP contribution in [-0.4, -0.2) is 230 Å². The molecule has 4 aliphatic rings. The molecular formula is C26H45NO21. The Bertz CT molecular complexity index is 1090. The molecule has 0 saturated carbocycles. The number of nitrogens with one attached hydrogen (secondary N) is 1. The number of ether oxygens (including phenoxy) is 5. The summed E-state index contributed by atoms with van der Waals surface area (Å²) in [7, 11) is 0. The summed E-state index contributed by atoms with van der Waals surface area (Å²) in [5, 5.41) is 163. The van der Waals surface area contributed by atoms with Crippen molar-refractivity contribution in [3.63, 3.8) is 0 Å². The SMILES string of the molecule is CC(=O)N[C@H]1C(C2(O)O[C@H](CO)[C@@H](O[C@@H]3O[C@H](CO)[C@H](O)[C@H](O)[C@H]3O)[C@H](O)[C@]2(O)C2O[C@H](CO)[C@H](O)[C@H](O)[C@H]2O)O[C@H](CO)[C@H](O)[C@@H]1O. The smallest absolute Gasteiger partial charge is 0.230 e. The molecule has 0 aromatic rings. The van der Waals surface area contributed by atoms with Crippen molar-refractivity contribution in [3.05, 3.63) is 0 Å². The molecule has 4 saturated heterocycles. The van der Waals surface area contributed by atoms with Crippen LogP contribution in [0.25, 0.3) is 0 Å². The first-order valence-corrected chi connectivity index (χ1v) is 15.0. The van der Waals surface area contributed by atoms with Gasteiger partial charge in [-0.15, -0.1) is 0 Å². The predicted octanol–water partition coefficient (Wildman–Crippen LogP) is -10.8. The van der Waals surface area contributed by atoms with Crippen LogP contribution in [-0.2, 0) is 28.5 Å². The van der Waals surface area contributed by atoms with Crippen molar-refractivity contribution in [2.45, 2.75) is 128 Å². The van der Waals surface area contributed by atoms with E-state index in [0.717, 1.165) is 6.92 Å². The molecule has 4 heterocycles. The fraction of sp³-hybridized carbons (Fsp3) is 0.962. The van der Waals surface area contributed by atoms with Crippen molar-refractivity contribution in [2.75, 3.05) is 26.4 Å². The topological polar surface area (TPSA) is 379 Å². The zero-order valence-electron chi connectivity index (χ0n) is 25.4. The fourth-order valence-electron chi connectivity index (χ4n) is 6.68. The van der Waals surface area contributed by atoms with Crippen LogP contribution in [0.4, 0.5) is 0 Å².